The summed E-state index contributed by atoms with van der Waals surface area (Å²) < 4.78 is 7.17. The van der Waals surface area contributed by atoms with Crippen LogP contribution in [0.3, 0.4) is 0 Å². The van der Waals surface area contributed by atoms with Crippen LogP contribution in [0.5, 0.6) is 5.75 Å². The molecule has 1 aromatic heterocycles. The van der Waals surface area contributed by atoms with E-state index in [4.69, 9.17) is 32.9 Å². The number of nitrogens with zero attached hydrogens (tertiary/aromatic N) is 2. The molecule has 1 N–H and O–H groups in total. The molecular formula is C33H27Cl2N3O3S. The highest BCUT2D eigenvalue weighted by Gasteiger charge is 2.19. The highest BCUT2D eigenvalue weighted by molar-refractivity contribution is 7.21. The number of aryl methyl sites for hydroxylation is 1. The predicted octanol–water partition coefficient (Wildman–Crippen LogP) is 7.95. The zero-order valence-electron chi connectivity index (χ0n) is 22.9. The van der Waals surface area contributed by atoms with Crippen molar-refractivity contribution in [2.45, 2.75) is 13.5 Å². The Hall–Kier alpha value is -4.17. The lowest BCUT2D eigenvalue weighted by atomic mass is 10.1. The monoisotopic (exact) mass is 615 g/mol. The Bertz CT molecular complexity index is 1770. The number of rotatable bonds is 9. The van der Waals surface area contributed by atoms with E-state index < -0.39 is 0 Å². The fourth-order valence-corrected chi connectivity index (χ4v) is 5.79. The van der Waals surface area contributed by atoms with Gasteiger partial charge in [-0.1, -0.05) is 89.4 Å². The Kier molecular flexibility index (Phi) is 9.22. The number of amides is 2. The summed E-state index contributed by atoms with van der Waals surface area (Å²) in [6, 6.07) is 26.9. The molecule has 0 saturated heterocycles. The number of hydrogen-bond donors (Lipinski definition) is 1. The molecule has 212 valence electrons. The van der Waals surface area contributed by atoms with Crippen LogP contribution in [0.15, 0.2) is 91.0 Å². The summed E-state index contributed by atoms with van der Waals surface area (Å²) in [6.07, 6.45) is 3.09. The van der Waals surface area contributed by atoms with E-state index in [9.17, 15) is 9.59 Å². The van der Waals surface area contributed by atoms with Crippen molar-refractivity contribution in [1.29, 1.82) is 0 Å². The molecule has 5 aromatic rings. The summed E-state index contributed by atoms with van der Waals surface area (Å²) >= 11 is 14.8. The van der Waals surface area contributed by atoms with Gasteiger partial charge in [0, 0.05) is 29.3 Å². The molecule has 5 rings (SSSR count). The zero-order valence-corrected chi connectivity index (χ0v) is 25.3. The maximum Gasteiger partial charge on any atom is 0.246 e. The highest BCUT2D eigenvalue weighted by atomic mass is 35.5. The Morgan fingerprint density at radius 1 is 0.976 bits per heavy atom. The third-order valence-electron chi connectivity index (χ3n) is 6.59. The molecule has 0 fully saturated rings. The molecule has 42 heavy (non-hydrogen) atoms. The number of hydrogen-bond acceptors (Lipinski definition) is 5. The van der Waals surface area contributed by atoms with Gasteiger partial charge in [-0.2, -0.15) is 0 Å². The van der Waals surface area contributed by atoms with Crippen molar-refractivity contribution < 1.29 is 14.3 Å². The first-order valence-corrected chi connectivity index (χ1v) is 14.7. The van der Waals surface area contributed by atoms with E-state index in [1.807, 2.05) is 79.7 Å². The van der Waals surface area contributed by atoms with E-state index in [0.29, 0.717) is 27.0 Å². The number of nitrogens with one attached hydrogen (secondary N) is 1. The minimum atomic E-state index is -0.375. The molecule has 0 aliphatic rings. The lowest BCUT2D eigenvalue weighted by Crippen LogP contribution is -2.37. The SMILES string of the molecule is Cc1ccc(/C=C/C(=O)NCC(=O)N(C)c2ccc(Cl)c(COc3cccc4sc(-c5ccccc5)nc34)c2Cl)cc1. The number of anilines is 1. The van der Waals surface area contributed by atoms with Crippen molar-refractivity contribution in [3.8, 4) is 16.3 Å². The number of aromatic nitrogens is 1. The van der Waals surface area contributed by atoms with Crippen molar-refractivity contribution in [2.75, 3.05) is 18.5 Å². The average molecular weight is 617 g/mol. The standard InChI is InChI=1S/C33H27Cl2N3O3S/c1-21-11-13-22(14-12-21)15-18-29(39)36-19-30(40)38(2)26-17-16-25(34)24(31(26)35)20-41-27-9-6-10-28-32(27)37-33(42-28)23-7-4-3-5-8-23/h3-18H,19-20H2,1-2H3,(H,36,39)/b18-15+. The summed E-state index contributed by atoms with van der Waals surface area (Å²) in [4.78, 5) is 31.4. The number of thiazole rings is 1. The summed E-state index contributed by atoms with van der Waals surface area (Å²) in [5.41, 5.74) is 4.81. The number of ether oxygens (including phenoxy) is 1. The van der Waals surface area contributed by atoms with Crippen LogP contribution in [-0.2, 0) is 16.2 Å². The Morgan fingerprint density at radius 3 is 2.50 bits per heavy atom. The second kappa shape index (κ2) is 13.2. The number of para-hydroxylation sites is 1. The highest BCUT2D eigenvalue weighted by Crippen LogP contribution is 2.37. The molecule has 0 radical (unpaired) electrons. The van der Waals surface area contributed by atoms with Gasteiger partial charge >= 0.3 is 0 Å². The quantitative estimate of drug-likeness (QED) is 0.171. The van der Waals surface area contributed by atoms with Crippen LogP contribution in [-0.4, -0.2) is 30.4 Å². The van der Waals surface area contributed by atoms with E-state index in [2.05, 4.69) is 5.32 Å². The van der Waals surface area contributed by atoms with E-state index >= 15 is 0 Å². The second-order valence-corrected chi connectivity index (χ2v) is 11.4. The fraction of sp³-hybridized carbons (Fsp3) is 0.121. The van der Waals surface area contributed by atoms with Crippen molar-refractivity contribution >= 4 is 68.3 Å². The van der Waals surface area contributed by atoms with Crippen LogP contribution in [0.2, 0.25) is 10.0 Å². The van der Waals surface area contributed by atoms with Crippen LogP contribution >= 0.6 is 34.5 Å². The molecular weight excluding hydrogens is 589 g/mol. The number of benzene rings is 4. The van der Waals surface area contributed by atoms with Gasteiger partial charge in [0.2, 0.25) is 11.8 Å². The summed E-state index contributed by atoms with van der Waals surface area (Å²) in [7, 11) is 1.59. The molecule has 0 saturated carbocycles. The Morgan fingerprint density at radius 2 is 1.74 bits per heavy atom. The van der Waals surface area contributed by atoms with Gasteiger partial charge in [0.25, 0.3) is 0 Å². The van der Waals surface area contributed by atoms with Gasteiger partial charge in [-0.25, -0.2) is 4.98 Å². The lowest BCUT2D eigenvalue weighted by Gasteiger charge is -2.21. The van der Waals surface area contributed by atoms with Crippen LogP contribution in [0.4, 0.5) is 5.69 Å². The molecule has 0 unspecified atom stereocenters. The van der Waals surface area contributed by atoms with Crippen LogP contribution < -0.4 is 15.0 Å². The zero-order chi connectivity index (χ0) is 29.6. The summed E-state index contributed by atoms with van der Waals surface area (Å²) in [5.74, 6) is -0.113. The van der Waals surface area contributed by atoms with Gasteiger partial charge in [0.1, 0.15) is 22.9 Å². The maximum absolute atomic E-state index is 12.9. The number of carbonyl (C=O) groups excluding carboxylic acids is 2. The number of halogens is 2. The van der Waals surface area contributed by atoms with Crippen molar-refractivity contribution in [2.24, 2.45) is 0 Å². The minimum absolute atomic E-state index is 0.0748. The molecule has 0 aliphatic heterocycles. The molecule has 0 spiro atoms. The van der Waals surface area contributed by atoms with Crippen LogP contribution in [0.1, 0.15) is 16.7 Å². The fourth-order valence-electron chi connectivity index (χ4n) is 4.19. The predicted molar refractivity (Wildman–Crippen MR) is 172 cm³/mol. The van der Waals surface area contributed by atoms with Gasteiger partial charge in [-0.05, 0) is 42.8 Å². The molecule has 2 amide bonds. The molecule has 0 aliphatic carbocycles. The van der Waals surface area contributed by atoms with E-state index in [-0.39, 0.29) is 25.0 Å². The summed E-state index contributed by atoms with van der Waals surface area (Å²) in [5, 5.41) is 4.22. The first kappa shape index (κ1) is 29.3. The largest absolute Gasteiger partial charge is 0.486 e. The molecule has 6 nitrogen and oxygen atoms in total. The topological polar surface area (TPSA) is 71.5 Å². The maximum atomic E-state index is 12.9. The second-order valence-electron chi connectivity index (χ2n) is 9.55. The van der Waals surface area contributed by atoms with Crippen LogP contribution in [0, 0.1) is 6.92 Å². The number of likely N-dealkylation sites (N-methyl/N-ethyl adjacent to an activating group) is 1. The molecule has 0 bridgehead atoms. The van der Waals surface area contributed by atoms with E-state index in [1.165, 1.54) is 11.0 Å². The first-order chi connectivity index (χ1) is 20.3. The average Bonchev–Trinajstić information content (AvgIpc) is 3.45. The van der Waals surface area contributed by atoms with Crippen molar-refractivity contribution in [3.05, 3.63) is 118 Å². The van der Waals surface area contributed by atoms with Crippen LogP contribution in [0.25, 0.3) is 26.9 Å². The molecule has 1 heterocycles. The third-order valence-corrected chi connectivity index (χ3v) is 8.44. The normalized spacial score (nSPS) is 11.1. The van der Waals surface area contributed by atoms with E-state index in [1.54, 1.807) is 36.6 Å². The Balaban J connectivity index is 1.26. The lowest BCUT2D eigenvalue weighted by molar-refractivity contribution is -0.122. The Labute approximate surface area is 258 Å². The van der Waals surface area contributed by atoms with Gasteiger partial charge in [0.05, 0.1) is 22.0 Å². The van der Waals surface area contributed by atoms with Crippen molar-refractivity contribution in [1.82, 2.24) is 10.3 Å². The van der Waals surface area contributed by atoms with E-state index in [0.717, 1.165) is 31.9 Å². The molecule has 4 aromatic carbocycles. The third kappa shape index (κ3) is 6.82. The number of carbonyl (C=O) groups is 2. The molecule has 9 heteroatoms. The van der Waals surface area contributed by atoms with Gasteiger partial charge in [-0.3, -0.25) is 9.59 Å². The first-order valence-electron chi connectivity index (χ1n) is 13.1. The minimum Gasteiger partial charge on any atom is -0.486 e. The van der Waals surface area contributed by atoms with Gasteiger partial charge < -0.3 is 15.0 Å². The number of fused-ring (bicyclic) bond motifs is 1. The molecule has 0 atom stereocenters. The van der Waals surface area contributed by atoms with Gasteiger partial charge in [-0.15, -0.1) is 11.3 Å². The van der Waals surface area contributed by atoms with Crippen molar-refractivity contribution in [3.63, 3.8) is 0 Å². The van der Waals surface area contributed by atoms with Gasteiger partial charge in [0.15, 0.2) is 0 Å². The summed E-state index contributed by atoms with van der Waals surface area (Å²) in [6.45, 7) is 1.87. The smallest absolute Gasteiger partial charge is 0.246 e.